The Morgan fingerprint density at radius 3 is 1.64 bits per heavy atom. The highest BCUT2D eigenvalue weighted by molar-refractivity contribution is 5.98. The zero-order chi connectivity index (χ0) is 36.2. The molecule has 0 heterocycles. The third kappa shape index (κ3) is 10.8. The highest BCUT2D eigenvalue weighted by Gasteiger charge is 2.60. The number of alkyl halides is 6. The summed E-state index contributed by atoms with van der Waals surface area (Å²) in [5.74, 6) is -7.53. The molecule has 0 saturated heterocycles. The lowest BCUT2D eigenvalue weighted by molar-refractivity contribution is -0.198. The molecule has 0 saturated carbocycles. The van der Waals surface area contributed by atoms with Gasteiger partial charge in [-0.1, -0.05) is 30.3 Å². The molecule has 1 aromatic carbocycles. The summed E-state index contributed by atoms with van der Waals surface area (Å²) in [6, 6.07) is 0.667. The topological polar surface area (TPSA) is 238 Å². The van der Waals surface area contributed by atoms with Gasteiger partial charge in [0.25, 0.3) is 11.8 Å². The maximum absolute atomic E-state index is 14.2. The third-order valence-electron chi connectivity index (χ3n) is 7.35. The van der Waals surface area contributed by atoms with Gasteiger partial charge in [0.05, 0.1) is 0 Å². The molecule has 0 spiro atoms. The van der Waals surface area contributed by atoms with Crippen molar-refractivity contribution in [1.82, 2.24) is 21.3 Å². The molecule has 0 unspecified atom stereocenters. The van der Waals surface area contributed by atoms with E-state index in [4.69, 9.17) is 22.9 Å². The van der Waals surface area contributed by atoms with Crippen LogP contribution in [0.1, 0.15) is 57.9 Å². The molecule has 47 heavy (non-hydrogen) atoms. The zero-order valence-electron chi connectivity index (χ0n) is 25.9. The van der Waals surface area contributed by atoms with Crippen LogP contribution in [0.4, 0.5) is 26.3 Å². The molecule has 5 amide bonds. The van der Waals surface area contributed by atoms with Crippen molar-refractivity contribution in [3.8, 4) is 0 Å². The number of hydrogen-bond acceptors (Lipinski definition) is 8. The SMILES string of the molecule is C[C@H](NC(=O)[C@](C)(NC(=O)[C@H](CCCCN)NC(=O)[C@H](CCCCN)NC(=O)[C@](N)(c1ccccc1)C(F)(F)F)C(F)(F)F)C(N)=O. The summed E-state index contributed by atoms with van der Waals surface area (Å²) in [4.78, 5) is 63.7. The molecule has 0 radical (unpaired) electrons. The standard InChI is InChI=1S/C28H42F6N8O5/c1-16(20(37)43)39-23(46)25(2,27(29,30)31)42-22(45)19(13-7-9-15-36)40-21(44)18(12-6-8-14-35)41-24(47)26(38,28(32,33)34)17-10-4-3-5-11-17/h3-5,10-11,16,18-19H,6-9,12-15,35-36,38H2,1-2H3,(H2,37,43)(H,39,46)(H,40,44)(H,41,47)(H,42,45)/t16-,18-,19-,25-,26+/m0/s1. The molecule has 19 heteroatoms. The molecule has 0 aliphatic rings. The molecule has 0 aliphatic heterocycles. The first-order valence-corrected chi connectivity index (χ1v) is 14.6. The van der Waals surface area contributed by atoms with Crippen LogP contribution in [0.5, 0.6) is 0 Å². The molecule has 1 rings (SSSR count). The van der Waals surface area contributed by atoms with E-state index in [9.17, 15) is 50.3 Å². The van der Waals surface area contributed by atoms with Crippen LogP contribution in [0.3, 0.4) is 0 Å². The quantitative estimate of drug-likeness (QED) is 0.0775. The molecular formula is C28H42F6N8O5. The van der Waals surface area contributed by atoms with E-state index in [-0.39, 0.29) is 51.6 Å². The number of benzene rings is 1. The van der Waals surface area contributed by atoms with Crippen molar-refractivity contribution in [1.29, 1.82) is 0 Å². The zero-order valence-corrected chi connectivity index (χ0v) is 25.9. The lowest BCUT2D eigenvalue weighted by Crippen LogP contribution is -2.69. The molecule has 1 aromatic rings. The Kier molecular flexibility index (Phi) is 15.1. The summed E-state index contributed by atoms with van der Waals surface area (Å²) in [6.45, 7) is 1.56. The van der Waals surface area contributed by atoms with Crippen LogP contribution in [0.15, 0.2) is 30.3 Å². The number of unbranched alkanes of at least 4 members (excludes halogenated alkanes) is 2. The first kappa shape index (κ1) is 41.1. The van der Waals surface area contributed by atoms with Gasteiger partial charge in [0, 0.05) is 0 Å². The average molecular weight is 685 g/mol. The largest absolute Gasteiger partial charge is 0.420 e. The second-order valence-electron chi connectivity index (χ2n) is 11.0. The third-order valence-corrected chi connectivity index (χ3v) is 7.35. The molecule has 13 nitrogen and oxygen atoms in total. The summed E-state index contributed by atoms with van der Waals surface area (Å²) < 4.78 is 85.0. The lowest BCUT2D eigenvalue weighted by Gasteiger charge is -2.34. The van der Waals surface area contributed by atoms with E-state index < -0.39 is 76.7 Å². The van der Waals surface area contributed by atoms with Gasteiger partial charge in [-0.2, -0.15) is 26.3 Å². The normalized spacial score (nSPS) is 16.4. The van der Waals surface area contributed by atoms with E-state index in [0.717, 1.165) is 19.1 Å². The van der Waals surface area contributed by atoms with Crippen molar-refractivity contribution in [2.75, 3.05) is 13.1 Å². The van der Waals surface area contributed by atoms with Crippen LogP contribution in [0.2, 0.25) is 0 Å². The highest BCUT2D eigenvalue weighted by Crippen LogP contribution is 2.37. The van der Waals surface area contributed by atoms with E-state index in [1.165, 1.54) is 18.2 Å². The van der Waals surface area contributed by atoms with Crippen molar-refractivity contribution >= 4 is 29.5 Å². The van der Waals surface area contributed by atoms with Gasteiger partial charge in [-0.25, -0.2) is 0 Å². The molecule has 5 atom stereocenters. The Labute approximate surface area is 267 Å². The highest BCUT2D eigenvalue weighted by atomic mass is 19.4. The summed E-state index contributed by atoms with van der Waals surface area (Å²) in [7, 11) is 0. The number of halogens is 6. The van der Waals surface area contributed by atoms with Gasteiger partial charge in [-0.05, 0) is 71.0 Å². The van der Waals surface area contributed by atoms with Crippen molar-refractivity contribution < 1.29 is 50.3 Å². The molecule has 0 aromatic heterocycles. The molecule has 266 valence electrons. The Morgan fingerprint density at radius 1 is 0.723 bits per heavy atom. The number of amides is 5. The van der Waals surface area contributed by atoms with Crippen LogP contribution in [0, 0.1) is 0 Å². The Hall–Kier alpha value is -3.97. The minimum absolute atomic E-state index is 0.0840. The molecule has 12 N–H and O–H groups in total. The maximum atomic E-state index is 14.2. The van der Waals surface area contributed by atoms with E-state index in [0.29, 0.717) is 6.92 Å². The fraction of sp³-hybridized carbons (Fsp3) is 0.607. The van der Waals surface area contributed by atoms with Crippen LogP contribution in [-0.2, 0) is 29.5 Å². The van der Waals surface area contributed by atoms with Crippen LogP contribution >= 0.6 is 0 Å². The average Bonchev–Trinajstić information content (AvgIpc) is 2.98. The number of nitrogens with one attached hydrogen (secondary N) is 4. The monoisotopic (exact) mass is 684 g/mol. The summed E-state index contributed by atoms with van der Waals surface area (Å²) in [5, 5.41) is 7.48. The molecule has 0 aliphatic carbocycles. The Balaban J connectivity index is 3.44. The van der Waals surface area contributed by atoms with Gasteiger partial charge >= 0.3 is 12.4 Å². The number of hydrogen-bond donors (Lipinski definition) is 8. The van der Waals surface area contributed by atoms with E-state index in [1.807, 2.05) is 5.32 Å². The fourth-order valence-corrected chi connectivity index (χ4v) is 4.19. The summed E-state index contributed by atoms with van der Waals surface area (Å²) in [5.41, 5.74) is 13.7. The van der Waals surface area contributed by atoms with E-state index >= 15 is 0 Å². The second kappa shape index (κ2) is 17.3. The van der Waals surface area contributed by atoms with Crippen molar-refractivity contribution in [3.63, 3.8) is 0 Å². The summed E-state index contributed by atoms with van der Waals surface area (Å²) >= 11 is 0. The van der Waals surface area contributed by atoms with Crippen LogP contribution < -0.4 is 44.2 Å². The van der Waals surface area contributed by atoms with Crippen LogP contribution in [-0.4, -0.2) is 78.6 Å². The molecular weight excluding hydrogens is 642 g/mol. The predicted octanol–water partition coefficient (Wildman–Crippen LogP) is 0.0577. The van der Waals surface area contributed by atoms with Gasteiger partial charge < -0.3 is 44.2 Å². The first-order chi connectivity index (χ1) is 21.7. The van der Waals surface area contributed by atoms with Crippen molar-refractivity contribution in [2.24, 2.45) is 22.9 Å². The number of rotatable bonds is 18. The second-order valence-corrected chi connectivity index (χ2v) is 11.0. The number of nitrogens with two attached hydrogens (primary N) is 4. The number of primary amides is 1. The van der Waals surface area contributed by atoms with E-state index in [2.05, 4.69) is 5.32 Å². The predicted molar refractivity (Wildman–Crippen MR) is 157 cm³/mol. The first-order valence-electron chi connectivity index (χ1n) is 14.6. The fourth-order valence-electron chi connectivity index (χ4n) is 4.19. The van der Waals surface area contributed by atoms with Crippen molar-refractivity contribution in [3.05, 3.63) is 35.9 Å². The molecule has 0 bridgehead atoms. The van der Waals surface area contributed by atoms with Crippen molar-refractivity contribution in [2.45, 2.75) is 93.9 Å². The molecule has 0 fully saturated rings. The number of carbonyl (C=O) groups excluding carboxylic acids is 5. The van der Waals surface area contributed by atoms with Crippen LogP contribution in [0.25, 0.3) is 0 Å². The summed E-state index contributed by atoms with van der Waals surface area (Å²) in [6.07, 6.45) is -10.7. The smallest absolute Gasteiger partial charge is 0.368 e. The Morgan fingerprint density at radius 2 is 1.21 bits per heavy atom. The van der Waals surface area contributed by atoms with Gasteiger partial charge in [0.1, 0.15) is 18.1 Å². The maximum Gasteiger partial charge on any atom is 0.420 e. The Bertz CT molecular complexity index is 1240. The minimum Gasteiger partial charge on any atom is -0.368 e. The van der Waals surface area contributed by atoms with Gasteiger partial charge in [0.2, 0.25) is 28.8 Å². The van der Waals surface area contributed by atoms with Gasteiger partial charge in [0.15, 0.2) is 0 Å². The number of carbonyl (C=O) groups is 5. The minimum atomic E-state index is -5.42. The van der Waals surface area contributed by atoms with E-state index in [1.54, 1.807) is 10.6 Å². The lowest BCUT2D eigenvalue weighted by atomic mass is 9.88. The van der Waals surface area contributed by atoms with Gasteiger partial charge in [-0.15, -0.1) is 0 Å². The van der Waals surface area contributed by atoms with Gasteiger partial charge in [-0.3, -0.25) is 24.0 Å².